The lowest BCUT2D eigenvalue weighted by Gasteiger charge is -2.08. The SMILES string of the molecule is S=c1cc(-c2cncc3ccccc23)[nH]c(C2CC2)n1. The van der Waals surface area contributed by atoms with E-state index in [0.717, 1.165) is 22.5 Å². The Labute approximate surface area is 121 Å². The molecule has 0 amide bonds. The smallest absolute Gasteiger partial charge is 0.130 e. The van der Waals surface area contributed by atoms with Gasteiger partial charge in [0.25, 0.3) is 0 Å². The van der Waals surface area contributed by atoms with Gasteiger partial charge in [-0.25, -0.2) is 4.98 Å². The van der Waals surface area contributed by atoms with Crippen molar-refractivity contribution >= 4 is 23.0 Å². The second-order valence-corrected chi connectivity index (χ2v) is 5.62. The molecular formula is C16H13N3S. The third-order valence-electron chi connectivity index (χ3n) is 3.68. The monoisotopic (exact) mass is 279 g/mol. The Balaban J connectivity index is 1.97. The fraction of sp³-hybridized carbons (Fsp3) is 0.188. The van der Waals surface area contributed by atoms with E-state index in [2.05, 4.69) is 27.1 Å². The summed E-state index contributed by atoms with van der Waals surface area (Å²) in [5, 5.41) is 2.31. The quantitative estimate of drug-likeness (QED) is 0.714. The summed E-state index contributed by atoms with van der Waals surface area (Å²) in [6, 6.07) is 10.2. The average Bonchev–Trinajstić information content (AvgIpc) is 3.30. The van der Waals surface area contributed by atoms with Crippen molar-refractivity contribution in [1.82, 2.24) is 15.0 Å². The van der Waals surface area contributed by atoms with Crippen LogP contribution in [0.3, 0.4) is 0 Å². The second-order valence-electron chi connectivity index (χ2n) is 5.20. The molecule has 1 saturated carbocycles. The van der Waals surface area contributed by atoms with Gasteiger partial charge < -0.3 is 4.98 Å². The molecule has 3 nitrogen and oxygen atoms in total. The normalized spacial score (nSPS) is 14.6. The van der Waals surface area contributed by atoms with Gasteiger partial charge in [-0.2, -0.15) is 0 Å². The van der Waals surface area contributed by atoms with E-state index in [0.29, 0.717) is 10.6 Å². The molecule has 1 fully saturated rings. The first-order chi connectivity index (χ1) is 9.81. The molecule has 4 rings (SSSR count). The molecule has 0 saturated heterocycles. The van der Waals surface area contributed by atoms with Crippen LogP contribution in [-0.4, -0.2) is 15.0 Å². The van der Waals surface area contributed by atoms with Crippen molar-refractivity contribution in [2.45, 2.75) is 18.8 Å². The van der Waals surface area contributed by atoms with E-state index in [-0.39, 0.29) is 0 Å². The summed E-state index contributed by atoms with van der Waals surface area (Å²) in [7, 11) is 0. The van der Waals surface area contributed by atoms with E-state index in [1.807, 2.05) is 30.6 Å². The van der Waals surface area contributed by atoms with E-state index in [9.17, 15) is 0 Å². The van der Waals surface area contributed by atoms with E-state index in [4.69, 9.17) is 12.2 Å². The van der Waals surface area contributed by atoms with Gasteiger partial charge in [0.1, 0.15) is 10.5 Å². The molecular weight excluding hydrogens is 266 g/mol. The van der Waals surface area contributed by atoms with Gasteiger partial charge in [0.05, 0.1) is 5.69 Å². The van der Waals surface area contributed by atoms with E-state index in [1.54, 1.807) is 0 Å². The Hall–Kier alpha value is -2.07. The van der Waals surface area contributed by atoms with Gasteiger partial charge in [-0.1, -0.05) is 36.5 Å². The van der Waals surface area contributed by atoms with Crippen LogP contribution < -0.4 is 0 Å². The van der Waals surface area contributed by atoms with Crippen LogP contribution in [0.25, 0.3) is 22.0 Å². The highest BCUT2D eigenvalue weighted by Crippen LogP contribution is 2.38. The molecule has 20 heavy (non-hydrogen) atoms. The van der Waals surface area contributed by atoms with Crippen LogP contribution in [0.5, 0.6) is 0 Å². The maximum absolute atomic E-state index is 5.31. The fourth-order valence-electron chi connectivity index (χ4n) is 2.50. The number of aromatic amines is 1. The molecule has 0 bridgehead atoms. The molecule has 0 aliphatic heterocycles. The van der Waals surface area contributed by atoms with Gasteiger partial charge in [0, 0.05) is 29.3 Å². The molecule has 98 valence electrons. The van der Waals surface area contributed by atoms with Crippen LogP contribution in [0.15, 0.2) is 42.7 Å². The van der Waals surface area contributed by atoms with E-state index < -0.39 is 0 Å². The average molecular weight is 279 g/mol. The van der Waals surface area contributed by atoms with Gasteiger partial charge in [-0.3, -0.25) is 4.98 Å². The third-order valence-corrected chi connectivity index (χ3v) is 3.89. The Morgan fingerprint density at radius 3 is 2.85 bits per heavy atom. The fourth-order valence-corrected chi connectivity index (χ4v) is 2.72. The van der Waals surface area contributed by atoms with Crippen LogP contribution in [0.4, 0.5) is 0 Å². The minimum Gasteiger partial charge on any atom is -0.343 e. The number of H-pyrrole nitrogens is 1. The Morgan fingerprint density at radius 1 is 1.15 bits per heavy atom. The van der Waals surface area contributed by atoms with Crippen LogP contribution >= 0.6 is 12.2 Å². The molecule has 3 aromatic rings. The van der Waals surface area contributed by atoms with Crippen molar-refractivity contribution in [1.29, 1.82) is 0 Å². The molecule has 1 aromatic carbocycles. The standard InChI is InChI=1S/C16H13N3S/c20-15-7-14(18-16(19-15)10-5-6-10)13-9-17-8-11-3-1-2-4-12(11)13/h1-4,7-10H,5-6H2,(H,18,19,20). The summed E-state index contributed by atoms with van der Waals surface area (Å²) in [5.74, 6) is 1.57. The lowest BCUT2D eigenvalue weighted by atomic mass is 10.1. The number of fused-ring (bicyclic) bond motifs is 1. The molecule has 1 aliphatic carbocycles. The predicted octanol–water partition coefficient (Wildman–Crippen LogP) is 4.23. The van der Waals surface area contributed by atoms with Crippen molar-refractivity contribution in [2.75, 3.05) is 0 Å². The number of pyridine rings is 1. The first-order valence-electron chi connectivity index (χ1n) is 6.75. The summed E-state index contributed by atoms with van der Waals surface area (Å²) < 4.78 is 0.647. The minimum atomic E-state index is 0.555. The zero-order chi connectivity index (χ0) is 13.5. The Morgan fingerprint density at radius 2 is 2.00 bits per heavy atom. The molecule has 4 heteroatoms. The van der Waals surface area contributed by atoms with Crippen LogP contribution in [0, 0.1) is 4.64 Å². The molecule has 0 atom stereocenters. The topological polar surface area (TPSA) is 41.6 Å². The summed E-state index contributed by atoms with van der Waals surface area (Å²) in [5.41, 5.74) is 2.09. The number of hydrogen-bond acceptors (Lipinski definition) is 3. The highest BCUT2D eigenvalue weighted by Gasteiger charge is 2.26. The Bertz CT molecular complexity index is 844. The van der Waals surface area contributed by atoms with Crippen molar-refractivity contribution in [3.8, 4) is 11.3 Å². The summed E-state index contributed by atoms with van der Waals surface area (Å²) >= 11 is 5.31. The number of nitrogens with zero attached hydrogens (tertiary/aromatic N) is 2. The number of rotatable bonds is 2. The van der Waals surface area contributed by atoms with Gasteiger partial charge in [0.15, 0.2) is 0 Å². The first kappa shape index (κ1) is 11.7. The number of nitrogens with one attached hydrogen (secondary N) is 1. The molecule has 0 spiro atoms. The van der Waals surface area contributed by atoms with Crippen molar-refractivity contribution in [3.63, 3.8) is 0 Å². The third kappa shape index (κ3) is 2.02. The van der Waals surface area contributed by atoms with E-state index >= 15 is 0 Å². The zero-order valence-corrected chi connectivity index (χ0v) is 11.7. The van der Waals surface area contributed by atoms with Gasteiger partial charge in [-0.15, -0.1) is 0 Å². The number of aromatic nitrogens is 3. The molecule has 2 heterocycles. The van der Waals surface area contributed by atoms with Crippen LogP contribution in [0.1, 0.15) is 24.6 Å². The maximum Gasteiger partial charge on any atom is 0.130 e. The van der Waals surface area contributed by atoms with Gasteiger partial charge in [-0.05, 0) is 24.3 Å². The van der Waals surface area contributed by atoms with Crippen molar-refractivity contribution < 1.29 is 0 Å². The second kappa shape index (κ2) is 4.49. The van der Waals surface area contributed by atoms with E-state index in [1.165, 1.54) is 18.2 Å². The van der Waals surface area contributed by atoms with Crippen LogP contribution in [-0.2, 0) is 0 Å². The number of hydrogen-bond donors (Lipinski definition) is 1. The molecule has 0 radical (unpaired) electrons. The minimum absolute atomic E-state index is 0.555. The van der Waals surface area contributed by atoms with Crippen molar-refractivity contribution in [2.24, 2.45) is 0 Å². The first-order valence-corrected chi connectivity index (χ1v) is 7.16. The maximum atomic E-state index is 5.31. The number of benzene rings is 1. The highest BCUT2D eigenvalue weighted by molar-refractivity contribution is 7.71. The largest absolute Gasteiger partial charge is 0.343 e. The summed E-state index contributed by atoms with van der Waals surface area (Å²) in [6.45, 7) is 0. The molecule has 1 aliphatic rings. The predicted molar refractivity (Wildman–Crippen MR) is 82.1 cm³/mol. The molecule has 2 aromatic heterocycles. The molecule has 1 N–H and O–H groups in total. The summed E-state index contributed by atoms with van der Waals surface area (Å²) in [4.78, 5) is 12.2. The summed E-state index contributed by atoms with van der Waals surface area (Å²) in [6.07, 6.45) is 6.18. The highest BCUT2D eigenvalue weighted by atomic mass is 32.1. The Kier molecular flexibility index (Phi) is 2.63. The van der Waals surface area contributed by atoms with Gasteiger partial charge >= 0.3 is 0 Å². The van der Waals surface area contributed by atoms with Crippen molar-refractivity contribution in [3.05, 3.63) is 53.2 Å². The van der Waals surface area contributed by atoms with Gasteiger partial charge in [0.2, 0.25) is 0 Å². The van der Waals surface area contributed by atoms with Crippen LogP contribution in [0.2, 0.25) is 0 Å². The molecule has 0 unspecified atom stereocenters. The lowest BCUT2D eigenvalue weighted by molar-refractivity contribution is 0.924. The zero-order valence-electron chi connectivity index (χ0n) is 10.8. The lowest BCUT2D eigenvalue weighted by Crippen LogP contribution is -1.96.